The highest BCUT2D eigenvalue weighted by atomic mass is 19.2. The van der Waals surface area contributed by atoms with Crippen LogP contribution >= 0.6 is 0 Å². The van der Waals surface area contributed by atoms with Crippen LogP contribution in [-0.4, -0.2) is 18.2 Å². The van der Waals surface area contributed by atoms with Gasteiger partial charge in [0.25, 0.3) is 0 Å². The maximum atomic E-state index is 12.9. The smallest absolute Gasteiger partial charge is 0.308 e. The molecule has 1 rings (SSSR count). The van der Waals surface area contributed by atoms with E-state index in [-0.39, 0.29) is 12.0 Å². The maximum absolute atomic E-state index is 12.9. The zero-order chi connectivity index (χ0) is 13.0. The fraction of sp³-hybridized carbons (Fsp3) is 0.417. The second kappa shape index (κ2) is 5.72. The molecule has 2 unspecified atom stereocenters. The molecule has 0 aliphatic heterocycles. The summed E-state index contributed by atoms with van der Waals surface area (Å²) in [5, 5.41) is 9.75. The summed E-state index contributed by atoms with van der Waals surface area (Å²) in [6, 6.07) is 3.15. The molecule has 3 nitrogen and oxygen atoms in total. The zero-order valence-corrected chi connectivity index (χ0v) is 9.61. The first-order chi connectivity index (χ1) is 7.95. The van der Waals surface area contributed by atoms with Crippen LogP contribution in [0.2, 0.25) is 0 Å². The normalized spacial score (nSPS) is 14.2. The monoisotopic (exact) mass is 244 g/mol. The predicted molar refractivity (Wildman–Crippen MR) is 57.1 cm³/mol. The minimum atomic E-state index is -1.03. The van der Waals surface area contributed by atoms with Crippen molar-refractivity contribution in [2.45, 2.75) is 19.4 Å². The highest BCUT2D eigenvalue weighted by molar-refractivity contribution is 5.71. The van der Waals surface area contributed by atoms with Crippen LogP contribution in [-0.2, 0) is 9.53 Å². The quantitative estimate of drug-likeness (QED) is 0.826. The number of halogens is 2. The Morgan fingerprint density at radius 1 is 1.41 bits per heavy atom. The summed E-state index contributed by atoms with van der Waals surface area (Å²) in [4.78, 5) is 11.1. The highest BCUT2D eigenvalue weighted by Crippen LogP contribution is 2.23. The Morgan fingerprint density at radius 3 is 2.59 bits per heavy atom. The number of esters is 1. The van der Waals surface area contributed by atoms with E-state index in [9.17, 15) is 18.7 Å². The first-order valence-electron chi connectivity index (χ1n) is 5.16. The molecule has 1 aromatic rings. The molecular weight excluding hydrogens is 230 g/mol. The number of rotatable bonds is 4. The first-order valence-corrected chi connectivity index (χ1v) is 5.16. The number of carbonyl (C=O) groups is 1. The predicted octanol–water partition coefficient (Wildman–Crippen LogP) is 2.20. The lowest BCUT2D eigenvalue weighted by molar-refractivity contribution is -0.145. The van der Waals surface area contributed by atoms with Gasteiger partial charge < -0.3 is 9.84 Å². The molecule has 2 atom stereocenters. The maximum Gasteiger partial charge on any atom is 0.308 e. The van der Waals surface area contributed by atoms with Crippen molar-refractivity contribution in [3.8, 4) is 0 Å². The zero-order valence-electron chi connectivity index (χ0n) is 9.61. The van der Waals surface area contributed by atoms with Crippen LogP contribution in [0.4, 0.5) is 8.78 Å². The molecule has 0 aliphatic carbocycles. The van der Waals surface area contributed by atoms with Gasteiger partial charge in [0.05, 0.1) is 19.1 Å². The van der Waals surface area contributed by atoms with E-state index in [1.165, 1.54) is 13.2 Å². The summed E-state index contributed by atoms with van der Waals surface area (Å²) < 4.78 is 30.1. The molecule has 0 aliphatic rings. The number of hydrogen-bond donors (Lipinski definition) is 1. The van der Waals surface area contributed by atoms with Gasteiger partial charge >= 0.3 is 5.97 Å². The van der Waals surface area contributed by atoms with Crippen LogP contribution < -0.4 is 0 Å². The number of benzene rings is 1. The average Bonchev–Trinajstić information content (AvgIpc) is 2.31. The summed E-state index contributed by atoms with van der Waals surface area (Å²) in [5.74, 6) is -2.95. The topological polar surface area (TPSA) is 46.5 Å². The fourth-order valence-electron chi connectivity index (χ4n) is 1.49. The van der Waals surface area contributed by atoms with Crippen LogP contribution in [0, 0.1) is 17.6 Å². The van der Waals surface area contributed by atoms with Gasteiger partial charge in [-0.2, -0.15) is 0 Å². The van der Waals surface area contributed by atoms with Crippen molar-refractivity contribution in [3.63, 3.8) is 0 Å². The lowest BCUT2D eigenvalue weighted by Crippen LogP contribution is -2.16. The van der Waals surface area contributed by atoms with Gasteiger partial charge in [-0.1, -0.05) is 13.0 Å². The molecule has 0 saturated heterocycles. The van der Waals surface area contributed by atoms with Gasteiger partial charge in [0.1, 0.15) is 0 Å². The number of carbonyl (C=O) groups excluding carboxylic acids is 1. The van der Waals surface area contributed by atoms with Gasteiger partial charge in [-0.05, 0) is 24.1 Å². The van der Waals surface area contributed by atoms with E-state index in [1.807, 2.05) is 0 Å². The molecule has 1 N–H and O–H groups in total. The number of aliphatic hydroxyl groups is 1. The molecule has 0 spiro atoms. The largest absolute Gasteiger partial charge is 0.469 e. The minimum absolute atomic E-state index is 0.0950. The summed E-state index contributed by atoms with van der Waals surface area (Å²) in [6.45, 7) is 1.59. The fourth-order valence-corrected chi connectivity index (χ4v) is 1.49. The number of aliphatic hydroxyl groups excluding tert-OH is 1. The Hall–Kier alpha value is -1.49. The van der Waals surface area contributed by atoms with E-state index in [0.717, 1.165) is 12.1 Å². The summed E-state index contributed by atoms with van der Waals surface area (Å²) >= 11 is 0. The van der Waals surface area contributed by atoms with Gasteiger partial charge in [-0.3, -0.25) is 4.79 Å². The van der Waals surface area contributed by atoms with Gasteiger partial charge in [-0.25, -0.2) is 8.78 Å². The van der Waals surface area contributed by atoms with E-state index in [1.54, 1.807) is 6.92 Å². The van der Waals surface area contributed by atoms with Crippen LogP contribution in [0.3, 0.4) is 0 Å². The van der Waals surface area contributed by atoms with Gasteiger partial charge in [0.2, 0.25) is 0 Å². The van der Waals surface area contributed by atoms with Crippen molar-refractivity contribution >= 4 is 5.97 Å². The first kappa shape index (κ1) is 13.6. The SMILES string of the molecule is COC(=O)C(C)CC(O)c1ccc(F)c(F)c1. The molecule has 17 heavy (non-hydrogen) atoms. The molecule has 0 heterocycles. The van der Waals surface area contributed by atoms with E-state index < -0.39 is 29.6 Å². The summed E-state index contributed by atoms with van der Waals surface area (Å²) in [6.07, 6.45) is -0.934. The Balaban J connectivity index is 2.72. The lowest BCUT2D eigenvalue weighted by atomic mass is 9.98. The molecule has 0 bridgehead atoms. The second-order valence-corrected chi connectivity index (χ2v) is 3.85. The molecule has 94 valence electrons. The molecule has 0 radical (unpaired) electrons. The third kappa shape index (κ3) is 3.49. The molecular formula is C12H14F2O3. The Bertz CT molecular complexity index is 407. The van der Waals surface area contributed by atoms with Gasteiger partial charge in [0.15, 0.2) is 11.6 Å². The second-order valence-electron chi connectivity index (χ2n) is 3.85. The van der Waals surface area contributed by atoms with Gasteiger partial charge in [0, 0.05) is 0 Å². The number of methoxy groups -OCH3 is 1. The van der Waals surface area contributed by atoms with Crippen LogP contribution in [0.5, 0.6) is 0 Å². The average molecular weight is 244 g/mol. The Morgan fingerprint density at radius 2 is 2.06 bits per heavy atom. The summed E-state index contributed by atoms with van der Waals surface area (Å²) in [7, 11) is 1.25. The third-order valence-electron chi connectivity index (χ3n) is 2.51. The third-order valence-corrected chi connectivity index (χ3v) is 2.51. The van der Waals surface area contributed by atoms with Crippen LogP contribution in [0.15, 0.2) is 18.2 Å². The van der Waals surface area contributed by atoms with E-state index in [4.69, 9.17) is 0 Å². The lowest BCUT2D eigenvalue weighted by Gasteiger charge is -2.15. The molecule has 5 heteroatoms. The van der Waals surface area contributed by atoms with Crippen molar-refractivity contribution in [2.75, 3.05) is 7.11 Å². The minimum Gasteiger partial charge on any atom is -0.469 e. The Labute approximate surface area is 98.0 Å². The molecule has 0 amide bonds. The Kier molecular flexibility index (Phi) is 4.57. The van der Waals surface area contributed by atoms with Crippen molar-refractivity contribution in [2.24, 2.45) is 5.92 Å². The standard InChI is InChI=1S/C12H14F2O3/c1-7(12(16)17-2)5-11(15)8-3-4-9(13)10(14)6-8/h3-4,6-7,11,15H,5H2,1-2H3. The van der Waals surface area contributed by atoms with Crippen LogP contribution in [0.1, 0.15) is 25.0 Å². The molecule has 1 aromatic carbocycles. The molecule has 0 aromatic heterocycles. The van der Waals surface area contributed by atoms with Crippen molar-refractivity contribution in [3.05, 3.63) is 35.4 Å². The van der Waals surface area contributed by atoms with Crippen molar-refractivity contribution in [1.29, 1.82) is 0 Å². The van der Waals surface area contributed by atoms with Crippen LogP contribution in [0.25, 0.3) is 0 Å². The number of hydrogen-bond acceptors (Lipinski definition) is 3. The highest BCUT2D eigenvalue weighted by Gasteiger charge is 2.19. The molecule has 0 fully saturated rings. The van der Waals surface area contributed by atoms with E-state index in [2.05, 4.69) is 4.74 Å². The summed E-state index contributed by atoms with van der Waals surface area (Å²) in [5.41, 5.74) is 0.236. The van der Waals surface area contributed by atoms with Gasteiger partial charge in [-0.15, -0.1) is 0 Å². The number of ether oxygens (including phenoxy) is 1. The molecule has 0 saturated carbocycles. The van der Waals surface area contributed by atoms with E-state index >= 15 is 0 Å². The van der Waals surface area contributed by atoms with Crippen molar-refractivity contribution < 1.29 is 23.4 Å². The van der Waals surface area contributed by atoms with E-state index in [0.29, 0.717) is 0 Å². The van der Waals surface area contributed by atoms with Crippen molar-refractivity contribution in [1.82, 2.24) is 0 Å².